The van der Waals surface area contributed by atoms with E-state index in [1.807, 2.05) is 0 Å². The third-order valence-corrected chi connectivity index (χ3v) is 3.92. The molecule has 0 N–H and O–H groups in total. The van der Waals surface area contributed by atoms with E-state index >= 15 is 0 Å². The molecule has 0 nitrogen and oxygen atoms in total. The summed E-state index contributed by atoms with van der Waals surface area (Å²) in [6, 6.07) is 0. The van der Waals surface area contributed by atoms with Crippen molar-refractivity contribution < 1.29 is 0 Å². The Morgan fingerprint density at radius 3 is 1.57 bits per heavy atom. The SMILES string of the molecule is CCCCC1CCCCC1CCCC. The van der Waals surface area contributed by atoms with Crippen molar-refractivity contribution in [1.29, 1.82) is 0 Å². The molecular weight excluding hydrogens is 168 g/mol. The number of hydrogen-bond donors (Lipinski definition) is 0. The fraction of sp³-hybridized carbons (Fsp3) is 1.00. The number of rotatable bonds is 6. The first kappa shape index (κ1) is 12.1. The van der Waals surface area contributed by atoms with Crippen LogP contribution in [0.4, 0.5) is 0 Å². The Morgan fingerprint density at radius 2 is 1.21 bits per heavy atom. The van der Waals surface area contributed by atoms with Gasteiger partial charge >= 0.3 is 0 Å². The Hall–Kier alpha value is 0. The van der Waals surface area contributed by atoms with E-state index in [4.69, 9.17) is 0 Å². The molecule has 0 heteroatoms. The molecule has 0 bridgehead atoms. The van der Waals surface area contributed by atoms with Crippen molar-refractivity contribution in [1.82, 2.24) is 0 Å². The molecule has 0 amide bonds. The first-order valence-corrected chi connectivity index (χ1v) is 6.88. The average Bonchev–Trinajstić information content (AvgIpc) is 2.24. The average molecular weight is 196 g/mol. The highest BCUT2D eigenvalue weighted by atomic mass is 14.3. The molecule has 0 radical (unpaired) electrons. The van der Waals surface area contributed by atoms with Crippen LogP contribution in [0.3, 0.4) is 0 Å². The molecule has 84 valence electrons. The molecule has 0 saturated heterocycles. The first-order valence-electron chi connectivity index (χ1n) is 6.88. The molecule has 0 aromatic heterocycles. The van der Waals surface area contributed by atoms with E-state index in [0.29, 0.717) is 0 Å². The molecule has 1 aliphatic rings. The largest absolute Gasteiger partial charge is 0.0654 e. The maximum Gasteiger partial charge on any atom is -0.0386 e. The van der Waals surface area contributed by atoms with Crippen molar-refractivity contribution in [2.45, 2.75) is 78.1 Å². The van der Waals surface area contributed by atoms with Gasteiger partial charge in [-0.3, -0.25) is 0 Å². The molecule has 0 spiro atoms. The maximum atomic E-state index is 2.32. The van der Waals surface area contributed by atoms with Crippen LogP contribution in [-0.2, 0) is 0 Å². The monoisotopic (exact) mass is 196 g/mol. The highest BCUT2D eigenvalue weighted by Gasteiger charge is 2.23. The second-order valence-electron chi connectivity index (χ2n) is 5.09. The van der Waals surface area contributed by atoms with Crippen molar-refractivity contribution in [3.05, 3.63) is 0 Å². The highest BCUT2D eigenvalue weighted by molar-refractivity contribution is 4.75. The molecule has 1 aliphatic carbocycles. The quantitative estimate of drug-likeness (QED) is 0.549. The summed E-state index contributed by atoms with van der Waals surface area (Å²) >= 11 is 0. The Balaban J connectivity index is 2.26. The van der Waals surface area contributed by atoms with Gasteiger partial charge in [0.05, 0.1) is 0 Å². The van der Waals surface area contributed by atoms with Crippen molar-refractivity contribution >= 4 is 0 Å². The summed E-state index contributed by atoms with van der Waals surface area (Å²) in [5, 5.41) is 0. The topological polar surface area (TPSA) is 0 Å². The Labute approximate surface area is 90.5 Å². The zero-order valence-corrected chi connectivity index (χ0v) is 10.2. The second kappa shape index (κ2) is 7.31. The van der Waals surface area contributed by atoms with Gasteiger partial charge < -0.3 is 0 Å². The molecule has 1 fully saturated rings. The van der Waals surface area contributed by atoms with E-state index in [2.05, 4.69) is 13.8 Å². The zero-order valence-electron chi connectivity index (χ0n) is 10.2. The fourth-order valence-corrected chi connectivity index (χ4v) is 2.98. The summed E-state index contributed by atoms with van der Waals surface area (Å²) < 4.78 is 0. The van der Waals surface area contributed by atoms with Gasteiger partial charge in [-0.15, -0.1) is 0 Å². The van der Waals surface area contributed by atoms with Crippen LogP contribution in [0.25, 0.3) is 0 Å². The van der Waals surface area contributed by atoms with Gasteiger partial charge in [-0.2, -0.15) is 0 Å². The van der Waals surface area contributed by atoms with Gasteiger partial charge in [0, 0.05) is 0 Å². The van der Waals surface area contributed by atoms with Crippen LogP contribution in [0.1, 0.15) is 78.1 Å². The van der Waals surface area contributed by atoms with Crippen molar-refractivity contribution in [2.24, 2.45) is 11.8 Å². The first-order chi connectivity index (χ1) is 6.88. The van der Waals surface area contributed by atoms with E-state index in [1.165, 1.54) is 64.2 Å². The fourth-order valence-electron chi connectivity index (χ4n) is 2.98. The molecule has 0 aliphatic heterocycles. The normalized spacial score (nSPS) is 27.9. The minimum atomic E-state index is 1.09. The third-order valence-electron chi connectivity index (χ3n) is 3.92. The zero-order chi connectivity index (χ0) is 10.2. The molecular formula is C14H28. The van der Waals surface area contributed by atoms with E-state index in [-0.39, 0.29) is 0 Å². The van der Waals surface area contributed by atoms with Gasteiger partial charge in [0.15, 0.2) is 0 Å². The van der Waals surface area contributed by atoms with E-state index in [1.54, 1.807) is 0 Å². The lowest BCUT2D eigenvalue weighted by atomic mass is 9.74. The van der Waals surface area contributed by atoms with Gasteiger partial charge in [0.1, 0.15) is 0 Å². The summed E-state index contributed by atoms with van der Waals surface area (Å²) in [5.74, 6) is 2.19. The molecule has 0 aromatic rings. The lowest BCUT2D eigenvalue weighted by molar-refractivity contribution is 0.204. The van der Waals surface area contributed by atoms with Crippen molar-refractivity contribution in [2.75, 3.05) is 0 Å². The Kier molecular flexibility index (Phi) is 6.31. The van der Waals surface area contributed by atoms with Crippen LogP contribution in [0.2, 0.25) is 0 Å². The van der Waals surface area contributed by atoms with Gasteiger partial charge in [-0.1, -0.05) is 78.1 Å². The molecule has 2 unspecified atom stereocenters. The summed E-state index contributed by atoms with van der Waals surface area (Å²) in [5.41, 5.74) is 0. The van der Waals surface area contributed by atoms with Gasteiger partial charge in [-0.25, -0.2) is 0 Å². The summed E-state index contributed by atoms with van der Waals surface area (Å²) in [6.45, 7) is 4.65. The molecule has 14 heavy (non-hydrogen) atoms. The van der Waals surface area contributed by atoms with Crippen LogP contribution in [0.5, 0.6) is 0 Å². The third kappa shape index (κ3) is 4.02. The van der Waals surface area contributed by atoms with E-state index < -0.39 is 0 Å². The predicted octanol–water partition coefficient (Wildman–Crippen LogP) is 5.17. The van der Waals surface area contributed by atoms with Gasteiger partial charge in [0.2, 0.25) is 0 Å². The van der Waals surface area contributed by atoms with Gasteiger partial charge in [-0.05, 0) is 11.8 Å². The van der Waals surface area contributed by atoms with Crippen LogP contribution < -0.4 is 0 Å². The second-order valence-corrected chi connectivity index (χ2v) is 5.09. The van der Waals surface area contributed by atoms with E-state index in [0.717, 1.165) is 11.8 Å². The summed E-state index contributed by atoms with van der Waals surface area (Å²) in [4.78, 5) is 0. The maximum absolute atomic E-state index is 2.32. The van der Waals surface area contributed by atoms with Gasteiger partial charge in [0.25, 0.3) is 0 Å². The van der Waals surface area contributed by atoms with Crippen LogP contribution in [0, 0.1) is 11.8 Å². The van der Waals surface area contributed by atoms with Crippen LogP contribution >= 0.6 is 0 Å². The Bertz CT molecular complexity index is 112. The number of unbranched alkanes of at least 4 members (excludes halogenated alkanes) is 2. The minimum absolute atomic E-state index is 1.09. The molecule has 1 rings (SSSR count). The van der Waals surface area contributed by atoms with Crippen LogP contribution in [-0.4, -0.2) is 0 Å². The van der Waals surface area contributed by atoms with Crippen LogP contribution in [0.15, 0.2) is 0 Å². The molecule has 1 saturated carbocycles. The molecule has 0 aromatic carbocycles. The Morgan fingerprint density at radius 1 is 0.786 bits per heavy atom. The minimum Gasteiger partial charge on any atom is -0.0654 e. The summed E-state index contributed by atoms with van der Waals surface area (Å²) in [7, 11) is 0. The summed E-state index contributed by atoms with van der Waals surface area (Å²) in [6.07, 6.45) is 14.8. The predicted molar refractivity (Wildman–Crippen MR) is 64.5 cm³/mol. The highest BCUT2D eigenvalue weighted by Crippen LogP contribution is 2.36. The number of hydrogen-bond acceptors (Lipinski definition) is 0. The molecule has 0 heterocycles. The lowest BCUT2D eigenvalue weighted by Crippen LogP contribution is -2.19. The molecule has 2 atom stereocenters. The van der Waals surface area contributed by atoms with E-state index in [9.17, 15) is 0 Å². The standard InChI is InChI=1S/C14H28/c1-3-5-9-13-11-7-8-12-14(13)10-6-4-2/h13-14H,3-12H2,1-2H3. The van der Waals surface area contributed by atoms with Crippen molar-refractivity contribution in [3.8, 4) is 0 Å². The van der Waals surface area contributed by atoms with Crippen molar-refractivity contribution in [3.63, 3.8) is 0 Å². The smallest absolute Gasteiger partial charge is 0.0386 e. The lowest BCUT2D eigenvalue weighted by Gasteiger charge is -2.31.